The van der Waals surface area contributed by atoms with Crippen molar-refractivity contribution in [1.82, 2.24) is 4.72 Å². The van der Waals surface area contributed by atoms with Crippen LogP contribution >= 0.6 is 0 Å². The fourth-order valence-electron chi connectivity index (χ4n) is 0.744. The molecule has 86 valence electrons. The van der Waals surface area contributed by atoms with Crippen LogP contribution in [0.2, 0.25) is 0 Å². The van der Waals surface area contributed by atoms with Crippen molar-refractivity contribution < 1.29 is 26.7 Å². The fraction of sp³-hybridized carbons (Fsp3) is 0.429. The summed E-state index contributed by atoms with van der Waals surface area (Å²) in [6.45, 7) is -2.60. The van der Waals surface area contributed by atoms with Crippen LogP contribution in [0.4, 0.5) is 8.78 Å². The summed E-state index contributed by atoms with van der Waals surface area (Å²) in [6, 6.07) is 2.44. The number of hydrogen-bond acceptors (Lipinski definition) is 4. The topological polar surface area (TPSA) is 79.5 Å². The number of aliphatic hydroxyl groups excluding tert-OH is 1. The molecule has 0 atom stereocenters. The normalized spacial score (nSPS) is 13.0. The number of furan rings is 1. The van der Waals surface area contributed by atoms with Gasteiger partial charge in [-0.25, -0.2) is 21.9 Å². The number of nitrogens with one attached hydrogen (secondary N) is 1. The third-order valence-corrected chi connectivity index (χ3v) is 2.80. The molecule has 0 aliphatic carbocycles. The Morgan fingerprint density at radius 2 is 2.20 bits per heavy atom. The van der Waals surface area contributed by atoms with Crippen molar-refractivity contribution in [1.29, 1.82) is 0 Å². The molecule has 15 heavy (non-hydrogen) atoms. The Bertz CT molecular complexity index is 401. The summed E-state index contributed by atoms with van der Waals surface area (Å²) in [5.41, 5.74) is 0. The molecule has 0 bridgehead atoms. The average Bonchev–Trinajstić information content (AvgIpc) is 2.69. The van der Waals surface area contributed by atoms with Gasteiger partial charge in [0.25, 0.3) is 15.9 Å². The maximum atomic E-state index is 12.5. The van der Waals surface area contributed by atoms with E-state index in [1.165, 1.54) is 6.07 Å². The summed E-state index contributed by atoms with van der Waals surface area (Å²) in [7, 11) is -4.07. The number of alkyl halides is 2. The molecule has 0 radical (unpaired) electrons. The van der Waals surface area contributed by atoms with Gasteiger partial charge in [0.15, 0.2) is 0 Å². The van der Waals surface area contributed by atoms with E-state index in [2.05, 4.69) is 4.42 Å². The first-order valence-corrected chi connectivity index (χ1v) is 5.37. The molecular weight excluding hydrogens is 232 g/mol. The Kier molecular flexibility index (Phi) is 3.42. The van der Waals surface area contributed by atoms with E-state index in [-0.39, 0.29) is 0 Å². The maximum absolute atomic E-state index is 12.5. The second-order valence-electron chi connectivity index (χ2n) is 2.77. The van der Waals surface area contributed by atoms with Gasteiger partial charge in [0.2, 0.25) is 5.09 Å². The highest BCUT2D eigenvalue weighted by atomic mass is 32.2. The molecular formula is C7H9F2NO4S. The average molecular weight is 241 g/mol. The third kappa shape index (κ3) is 3.26. The van der Waals surface area contributed by atoms with Crippen LogP contribution in [0.3, 0.4) is 0 Å². The van der Waals surface area contributed by atoms with Gasteiger partial charge in [-0.15, -0.1) is 0 Å². The maximum Gasteiger partial charge on any atom is 0.283 e. The van der Waals surface area contributed by atoms with Crippen LogP contribution in [0.25, 0.3) is 0 Å². The zero-order chi connectivity index (χ0) is 11.5. The molecule has 0 aliphatic rings. The Hall–Kier alpha value is -0.990. The van der Waals surface area contributed by atoms with Gasteiger partial charge in [-0.05, 0) is 12.1 Å². The quantitative estimate of drug-likeness (QED) is 0.771. The standard InChI is InChI=1S/C7H9F2NO4S/c8-7(9,5-11)4-10-15(12,13)6-2-1-3-14-6/h1-3,10-11H,4-5H2. The lowest BCUT2D eigenvalue weighted by atomic mass is 10.4. The number of rotatable bonds is 5. The lowest BCUT2D eigenvalue weighted by Gasteiger charge is -2.12. The van der Waals surface area contributed by atoms with E-state index >= 15 is 0 Å². The van der Waals surface area contributed by atoms with Crippen molar-refractivity contribution in [3.05, 3.63) is 18.4 Å². The molecule has 1 aromatic rings. The summed E-state index contributed by atoms with van der Waals surface area (Å²) < 4.78 is 53.7. The molecule has 5 nitrogen and oxygen atoms in total. The first-order valence-electron chi connectivity index (χ1n) is 3.89. The predicted octanol–water partition coefficient (Wildman–Crippen LogP) is 0.186. The predicted molar refractivity (Wildman–Crippen MR) is 45.9 cm³/mol. The lowest BCUT2D eigenvalue weighted by Crippen LogP contribution is -2.38. The Morgan fingerprint density at radius 1 is 1.53 bits per heavy atom. The van der Waals surface area contributed by atoms with Crippen LogP contribution in [-0.4, -0.2) is 32.6 Å². The molecule has 8 heteroatoms. The van der Waals surface area contributed by atoms with Gasteiger partial charge in [-0.1, -0.05) is 0 Å². The molecule has 2 N–H and O–H groups in total. The minimum Gasteiger partial charge on any atom is -0.452 e. The molecule has 0 aromatic carbocycles. The van der Waals surface area contributed by atoms with Gasteiger partial charge in [-0.2, -0.15) is 0 Å². The molecule has 0 fully saturated rings. The molecule has 0 saturated heterocycles. The van der Waals surface area contributed by atoms with E-state index in [4.69, 9.17) is 5.11 Å². The summed E-state index contributed by atoms with van der Waals surface area (Å²) >= 11 is 0. The third-order valence-electron chi connectivity index (χ3n) is 1.51. The zero-order valence-corrected chi connectivity index (χ0v) is 8.30. The Balaban J connectivity index is 2.67. The van der Waals surface area contributed by atoms with E-state index < -0.39 is 34.2 Å². The Morgan fingerprint density at radius 3 is 2.67 bits per heavy atom. The van der Waals surface area contributed by atoms with Gasteiger partial charge >= 0.3 is 0 Å². The van der Waals surface area contributed by atoms with Crippen molar-refractivity contribution >= 4 is 10.0 Å². The lowest BCUT2D eigenvalue weighted by molar-refractivity contribution is -0.0437. The first kappa shape index (κ1) is 12.1. The van der Waals surface area contributed by atoms with E-state index in [0.717, 1.165) is 12.3 Å². The van der Waals surface area contributed by atoms with Gasteiger partial charge in [0.05, 0.1) is 12.8 Å². The van der Waals surface area contributed by atoms with Crippen molar-refractivity contribution in [2.24, 2.45) is 0 Å². The van der Waals surface area contributed by atoms with Gasteiger partial charge < -0.3 is 9.52 Å². The van der Waals surface area contributed by atoms with Crippen LogP contribution in [0.5, 0.6) is 0 Å². The highest BCUT2D eigenvalue weighted by molar-refractivity contribution is 7.89. The molecule has 1 rings (SSSR count). The van der Waals surface area contributed by atoms with Crippen LogP contribution < -0.4 is 4.72 Å². The summed E-state index contributed by atoms with van der Waals surface area (Å²) in [4.78, 5) is 0. The summed E-state index contributed by atoms with van der Waals surface area (Å²) in [6.07, 6.45) is 1.11. The molecule has 1 aromatic heterocycles. The van der Waals surface area contributed by atoms with Gasteiger partial charge in [-0.3, -0.25) is 0 Å². The van der Waals surface area contributed by atoms with Crippen molar-refractivity contribution in [3.63, 3.8) is 0 Å². The van der Waals surface area contributed by atoms with Crippen molar-refractivity contribution in [2.45, 2.75) is 11.0 Å². The SMILES string of the molecule is O=S(=O)(NCC(F)(F)CO)c1ccco1. The van der Waals surface area contributed by atoms with Crippen LogP contribution in [0.1, 0.15) is 0 Å². The molecule has 0 amide bonds. The van der Waals surface area contributed by atoms with E-state index in [1.807, 2.05) is 0 Å². The second-order valence-corrected chi connectivity index (χ2v) is 4.47. The largest absolute Gasteiger partial charge is 0.452 e. The zero-order valence-electron chi connectivity index (χ0n) is 7.48. The molecule has 0 aliphatic heterocycles. The smallest absolute Gasteiger partial charge is 0.283 e. The fourth-order valence-corrected chi connectivity index (χ4v) is 1.73. The van der Waals surface area contributed by atoms with Gasteiger partial charge in [0, 0.05) is 0 Å². The number of aliphatic hydroxyl groups is 1. The minimum atomic E-state index is -4.07. The van der Waals surface area contributed by atoms with Crippen molar-refractivity contribution in [2.75, 3.05) is 13.2 Å². The van der Waals surface area contributed by atoms with Crippen LogP contribution in [0.15, 0.2) is 27.9 Å². The highest BCUT2D eigenvalue weighted by Crippen LogP contribution is 2.13. The number of hydrogen-bond donors (Lipinski definition) is 2. The summed E-state index contributed by atoms with van der Waals surface area (Å²) in [5, 5.41) is 7.77. The van der Waals surface area contributed by atoms with Crippen LogP contribution in [-0.2, 0) is 10.0 Å². The van der Waals surface area contributed by atoms with E-state index in [0.29, 0.717) is 0 Å². The first-order chi connectivity index (χ1) is 6.87. The van der Waals surface area contributed by atoms with Crippen molar-refractivity contribution in [3.8, 4) is 0 Å². The molecule has 0 saturated carbocycles. The molecule has 0 spiro atoms. The highest BCUT2D eigenvalue weighted by Gasteiger charge is 2.30. The van der Waals surface area contributed by atoms with Crippen LogP contribution in [0, 0.1) is 0 Å². The van der Waals surface area contributed by atoms with Gasteiger partial charge in [0.1, 0.15) is 6.61 Å². The van der Waals surface area contributed by atoms with E-state index in [1.54, 1.807) is 4.72 Å². The number of sulfonamides is 1. The monoisotopic (exact) mass is 241 g/mol. The second kappa shape index (κ2) is 4.25. The number of halogens is 2. The Labute approximate surface area is 84.8 Å². The van der Waals surface area contributed by atoms with E-state index in [9.17, 15) is 17.2 Å². The molecule has 1 heterocycles. The minimum absolute atomic E-state index is 0.448. The molecule has 0 unspecified atom stereocenters. The summed E-state index contributed by atoms with van der Waals surface area (Å²) in [5.74, 6) is -3.49.